The molecule has 0 N–H and O–H groups in total. The fraction of sp³-hybridized carbons (Fsp3) is 0.185. The summed E-state index contributed by atoms with van der Waals surface area (Å²) in [5.74, 6) is -0.0441. The quantitative estimate of drug-likeness (QED) is 0.271. The van der Waals surface area contributed by atoms with E-state index in [1.807, 2.05) is 67.4 Å². The first-order chi connectivity index (χ1) is 17.7. The lowest BCUT2D eigenvalue weighted by Crippen LogP contribution is -2.22. The average Bonchev–Trinajstić information content (AvgIpc) is 3.28. The fourth-order valence-corrected chi connectivity index (χ4v) is 5.14. The molecule has 0 saturated carbocycles. The third-order valence-electron chi connectivity index (χ3n) is 6.44. The zero-order valence-electron chi connectivity index (χ0n) is 20.6. The van der Waals surface area contributed by atoms with E-state index >= 15 is 0 Å². The maximum absolute atomic E-state index is 13.6. The van der Waals surface area contributed by atoms with Gasteiger partial charge in [-0.25, -0.2) is 14.6 Å². The molecule has 0 spiro atoms. The molecule has 0 saturated heterocycles. The standard InChI is InChI=1S/C27H23Cl2N5O3/c1-15-10-20(23(35)13-37-26-21-11-18(28)12-22(29)24(21)30-14-31-26)16(2)33(15)25-17(3)32(4)34(27(25)36)19-8-6-5-7-9-19/h5-12,14H,13H2,1-4H3. The molecule has 0 aliphatic heterocycles. The summed E-state index contributed by atoms with van der Waals surface area (Å²) in [6, 6.07) is 14.4. The van der Waals surface area contributed by atoms with E-state index in [-0.39, 0.29) is 23.8 Å². The second-order valence-electron chi connectivity index (χ2n) is 8.70. The second kappa shape index (κ2) is 9.53. The number of ether oxygens (including phenoxy) is 1. The number of ketones is 1. The lowest BCUT2D eigenvalue weighted by atomic mass is 10.1. The van der Waals surface area contributed by atoms with Crippen molar-refractivity contribution in [2.45, 2.75) is 20.8 Å². The topological polar surface area (TPSA) is 83.9 Å². The number of nitrogens with zero attached hydrogens (tertiary/aromatic N) is 5. The number of fused-ring (bicyclic) bond motifs is 1. The van der Waals surface area contributed by atoms with Crippen molar-refractivity contribution in [3.05, 3.63) is 97.9 Å². The average molecular weight is 536 g/mol. The van der Waals surface area contributed by atoms with Gasteiger partial charge >= 0.3 is 0 Å². The molecule has 0 unspecified atom stereocenters. The molecule has 5 rings (SSSR count). The number of para-hydroxylation sites is 1. The molecule has 0 radical (unpaired) electrons. The molecule has 0 aliphatic rings. The number of carbonyl (C=O) groups is 1. The van der Waals surface area contributed by atoms with Crippen molar-refractivity contribution in [3.8, 4) is 17.3 Å². The second-order valence-corrected chi connectivity index (χ2v) is 9.55. The summed E-state index contributed by atoms with van der Waals surface area (Å²) in [6.45, 7) is 5.31. The van der Waals surface area contributed by atoms with Gasteiger partial charge in [-0.3, -0.25) is 14.3 Å². The summed E-state index contributed by atoms with van der Waals surface area (Å²) < 4.78 is 11.0. The number of carbonyl (C=O) groups excluding carboxylic acids is 1. The van der Waals surface area contributed by atoms with Gasteiger partial charge < -0.3 is 9.30 Å². The summed E-state index contributed by atoms with van der Waals surface area (Å²) in [5, 5.41) is 1.29. The number of aromatic nitrogens is 5. The molecular weight excluding hydrogens is 513 g/mol. The van der Waals surface area contributed by atoms with Crippen LogP contribution in [-0.2, 0) is 7.05 Å². The molecular formula is C27H23Cl2N5O3. The van der Waals surface area contributed by atoms with Crippen LogP contribution in [0.5, 0.6) is 5.88 Å². The number of hydrogen-bond donors (Lipinski definition) is 0. The first-order valence-electron chi connectivity index (χ1n) is 11.5. The zero-order valence-corrected chi connectivity index (χ0v) is 22.1. The minimum atomic E-state index is -0.261. The van der Waals surface area contributed by atoms with Crippen molar-refractivity contribution in [1.29, 1.82) is 0 Å². The molecule has 3 aromatic heterocycles. The van der Waals surface area contributed by atoms with E-state index in [0.717, 1.165) is 17.1 Å². The Morgan fingerprint density at radius 1 is 1.00 bits per heavy atom. The van der Waals surface area contributed by atoms with Crippen LogP contribution in [0.2, 0.25) is 10.0 Å². The fourth-order valence-electron chi connectivity index (χ4n) is 4.60. The van der Waals surface area contributed by atoms with Crippen molar-refractivity contribution in [3.63, 3.8) is 0 Å². The minimum absolute atomic E-state index is 0.176. The molecule has 0 fully saturated rings. The highest BCUT2D eigenvalue weighted by Gasteiger charge is 2.24. The molecule has 0 bridgehead atoms. The van der Waals surface area contributed by atoms with Gasteiger partial charge in [0, 0.05) is 29.0 Å². The Kier molecular flexibility index (Phi) is 6.39. The third-order valence-corrected chi connectivity index (χ3v) is 6.95. The Bertz CT molecular complexity index is 1740. The number of Topliss-reactive ketones (excluding diaryl/α,β-unsaturated/α-hetero) is 1. The molecule has 0 aliphatic carbocycles. The molecule has 188 valence electrons. The lowest BCUT2D eigenvalue weighted by Gasteiger charge is -2.10. The number of aryl methyl sites for hydroxylation is 1. The highest BCUT2D eigenvalue weighted by molar-refractivity contribution is 6.38. The Morgan fingerprint density at radius 2 is 1.73 bits per heavy atom. The van der Waals surface area contributed by atoms with Gasteiger partial charge in [0.2, 0.25) is 11.7 Å². The van der Waals surface area contributed by atoms with E-state index in [1.54, 1.807) is 22.9 Å². The molecule has 0 atom stereocenters. The van der Waals surface area contributed by atoms with E-state index in [4.69, 9.17) is 27.9 Å². The van der Waals surface area contributed by atoms with Crippen molar-refractivity contribution in [2.75, 3.05) is 6.61 Å². The molecule has 37 heavy (non-hydrogen) atoms. The Morgan fingerprint density at radius 3 is 2.46 bits per heavy atom. The van der Waals surface area contributed by atoms with E-state index in [1.165, 1.54) is 6.33 Å². The van der Waals surface area contributed by atoms with Crippen molar-refractivity contribution >= 4 is 39.9 Å². The van der Waals surface area contributed by atoms with Gasteiger partial charge in [0.05, 0.1) is 27.3 Å². The molecule has 5 aromatic rings. The number of rotatable bonds is 6. The first-order valence-corrected chi connectivity index (χ1v) is 12.2. The molecule has 0 amide bonds. The summed E-state index contributed by atoms with van der Waals surface area (Å²) in [6.07, 6.45) is 1.32. The highest BCUT2D eigenvalue weighted by Crippen LogP contribution is 2.31. The van der Waals surface area contributed by atoms with Crippen molar-refractivity contribution in [2.24, 2.45) is 7.05 Å². The normalized spacial score (nSPS) is 11.3. The maximum Gasteiger partial charge on any atom is 0.295 e. The van der Waals surface area contributed by atoms with Crippen LogP contribution in [0, 0.1) is 20.8 Å². The van der Waals surface area contributed by atoms with Crippen LogP contribution in [0.25, 0.3) is 22.3 Å². The summed E-state index contributed by atoms with van der Waals surface area (Å²) in [7, 11) is 1.84. The Balaban J connectivity index is 1.49. The molecule has 2 aromatic carbocycles. The number of halogens is 2. The van der Waals surface area contributed by atoms with E-state index < -0.39 is 0 Å². The SMILES string of the molecule is Cc1cc(C(=O)COc2ncnc3c(Cl)cc(Cl)cc23)c(C)n1-c1c(C)n(C)n(-c2ccccc2)c1=O. The number of hydrogen-bond acceptors (Lipinski definition) is 5. The third kappa shape index (κ3) is 4.22. The van der Waals surface area contributed by atoms with Crippen molar-refractivity contribution < 1.29 is 9.53 Å². The van der Waals surface area contributed by atoms with Crippen LogP contribution < -0.4 is 10.3 Å². The van der Waals surface area contributed by atoms with Gasteiger partial charge in [-0.15, -0.1) is 0 Å². The molecule has 3 heterocycles. The van der Waals surface area contributed by atoms with Crippen LogP contribution in [0.1, 0.15) is 27.4 Å². The largest absolute Gasteiger partial charge is 0.469 e. The van der Waals surface area contributed by atoms with Gasteiger partial charge in [-0.1, -0.05) is 41.4 Å². The number of benzene rings is 2. The Hall–Kier alpha value is -3.88. The van der Waals surface area contributed by atoms with Gasteiger partial charge in [0.15, 0.2) is 6.61 Å². The van der Waals surface area contributed by atoms with Gasteiger partial charge in [-0.05, 0) is 51.1 Å². The zero-order chi connectivity index (χ0) is 26.4. The monoisotopic (exact) mass is 535 g/mol. The maximum atomic E-state index is 13.6. The van der Waals surface area contributed by atoms with Gasteiger partial charge in [-0.2, -0.15) is 0 Å². The van der Waals surface area contributed by atoms with E-state index in [2.05, 4.69) is 9.97 Å². The van der Waals surface area contributed by atoms with Crippen LogP contribution in [0.4, 0.5) is 0 Å². The summed E-state index contributed by atoms with van der Waals surface area (Å²) in [4.78, 5) is 35.1. The van der Waals surface area contributed by atoms with Crippen LogP contribution in [0.3, 0.4) is 0 Å². The summed E-state index contributed by atoms with van der Waals surface area (Å²) >= 11 is 12.4. The van der Waals surface area contributed by atoms with Crippen LogP contribution in [-0.4, -0.2) is 36.3 Å². The predicted octanol–water partition coefficient (Wildman–Crippen LogP) is 5.40. The van der Waals surface area contributed by atoms with Gasteiger partial charge in [0.1, 0.15) is 12.0 Å². The van der Waals surface area contributed by atoms with E-state index in [0.29, 0.717) is 37.9 Å². The minimum Gasteiger partial charge on any atom is -0.469 e. The summed E-state index contributed by atoms with van der Waals surface area (Å²) in [5.41, 5.74) is 4.20. The molecule has 8 nitrogen and oxygen atoms in total. The lowest BCUT2D eigenvalue weighted by molar-refractivity contribution is 0.0918. The van der Waals surface area contributed by atoms with Gasteiger partial charge in [0.25, 0.3) is 5.56 Å². The predicted molar refractivity (Wildman–Crippen MR) is 144 cm³/mol. The van der Waals surface area contributed by atoms with E-state index in [9.17, 15) is 9.59 Å². The highest BCUT2D eigenvalue weighted by atomic mass is 35.5. The van der Waals surface area contributed by atoms with Crippen LogP contribution >= 0.6 is 23.2 Å². The first kappa shape index (κ1) is 24.8. The smallest absolute Gasteiger partial charge is 0.295 e. The molecule has 10 heteroatoms. The Labute approximate surface area is 222 Å². The van der Waals surface area contributed by atoms with Crippen LogP contribution in [0.15, 0.2) is 59.7 Å². The van der Waals surface area contributed by atoms with Crippen molar-refractivity contribution in [1.82, 2.24) is 23.9 Å².